The fourth-order valence-electron chi connectivity index (χ4n) is 5.56. The van der Waals surface area contributed by atoms with Gasteiger partial charge in [0.1, 0.15) is 5.00 Å². The lowest BCUT2D eigenvalue weighted by atomic mass is 9.83. The average Bonchev–Trinajstić information content (AvgIpc) is 3.14. The number of carbonyl (C=O) groups excluding carboxylic acids is 1. The lowest BCUT2D eigenvalue weighted by molar-refractivity contribution is 0.0505. The summed E-state index contributed by atoms with van der Waals surface area (Å²) in [6.07, 6.45) is 4.90. The van der Waals surface area contributed by atoms with Gasteiger partial charge in [-0.25, -0.2) is 4.79 Å². The Morgan fingerprint density at radius 3 is 2.97 bits per heavy atom. The second-order valence-electron chi connectivity index (χ2n) is 9.73. The van der Waals surface area contributed by atoms with Crippen molar-refractivity contribution in [3.63, 3.8) is 0 Å². The van der Waals surface area contributed by atoms with E-state index in [0.717, 1.165) is 68.0 Å². The van der Waals surface area contributed by atoms with E-state index in [9.17, 15) is 9.59 Å². The summed E-state index contributed by atoms with van der Waals surface area (Å²) in [6, 6.07) is 5.57. The number of esters is 1. The van der Waals surface area contributed by atoms with E-state index in [-0.39, 0.29) is 17.4 Å². The van der Waals surface area contributed by atoms with Gasteiger partial charge in [-0.2, -0.15) is 0 Å². The molecule has 3 atom stereocenters. The number of hydrogen-bond donors (Lipinski definition) is 1. The van der Waals surface area contributed by atoms with E-state index in [4.69, 9.17) is 17.0 Å². The number of piperidine rings is 1. The maximum atomic E-state index is 13.0. The Morgan fingerprint density at radius 1 is 1.30 bits per heavy atom. The second kappa shape index (κ2) is 9.22. The number of nitrogens with zero attached hydrogens (tertiary/aromatic N) is 2. The zero-order valence-electron chi connectivity index (χ0n) is 19.3. The van der Waals surface area contributed by atoms with Gasteiger partial charge in [0.05, 0.1) is 12.2 Å². The van der Waals surface area contributed by atoms with Crippen LogP contribution in [0.2, 0.25) is 0 Å². The van der Waals surface area contributed by atoms with Gasteiger partial charge in [-0.05, 0) is 67.8 Å². The van der Waals surface area contributed by atoms with Crippen molar-refractivity contribution in [1.82, 2.24) is 9.47 Å². The number of hydrogen-bond acceptors (Lipinski definition) is 5. The third-order valence-electron chi connectivity index (χ3n) is 7.14. The van der Waals surface area contributed by atoms with E-state index in [1.807, 2.05) is 17.6 Å². The Labute approximate surface area is 203 Å². The maximum absolute atomic E-state index is 13.0. The van der Waals surface area contributed by atoms with Crippen molar-refractivity contribution in [3.8, 4) is 0 Å². The molecule has 1 saturated heterocycles. The molecule has 0 saturated carbocycles. The van der Waals surface area contributed by atoms with E-state index in [1.54, 1.807) is 17.4 Å². The fourth-order valence-corrected chi connectivity index (χ4v) is 7.27. The molecule has 1 fully saturated rings. The fraction of sp³-hybridized carbons (Fsp3) is 0.560. The van der Waals surface area contributed by atoms with Crippen molar-refractivity contribution >= 4 is 39.6 Å². The lowest BCUT2D eigenvalue weighted by Crippen LogP contribution is -2.50. The SMILES string of the molecule is CCCOC(=O)c1c(NC(=S)N2C[C@H]3C[C@H](C2)c2cccc(=O)n2C3)sc2c1CC[C@H](C)C2. The Balaban J connectivity index is 1.38. The molecule has 0 radical (unpaired) electrons. The van der Waals surface area contributed by atoms with Crippen molar-refractivity contribution in [1.29, 1.82) is 0 Å². The first-order chi connectivity index (χ1) is 15.9. The number of fused-ring (bicyclic) bond motifs is 5. The van der Waals surface area contributed by atoms with Crippen molar-refractivity contribution in [2.45, 2.75) is 58.4 Å². The number of aromatic nitrogens is 1. The quantitative estimate of drug-likeness (QED) is 0.511. The second-order valence-corrected chi connectivity index (χ2v) is 11.2. The minimum Gasteiger partial charge on any atom is -0.462 e. The summed E-state index contributed by atoms with van der Waals surface area (Å²) < 4.78 is 7.48. The topological polar surface area (TPSA) is 63.6 Å². The summed E-state index contributed by atoms with van der Waals surface area (Å²) in [7, 11) is 0. The maximum Gasteiger partial charge on any atom is 0.341 e. The Kier molecular flexibility index (Phi) is 6.31. The van der Waals surface area contributed by atoms with Crippen LogP contribution >= 0.6 is 23.6 Å². The minimum atomic E-state index is -0.238. The van der Waals surface area contributed by atoms with E-state index >= 15 is 0 Å². The predicted molar refractivity (Wildman–Crippen MR) is 135 cm³/mol. The highest BCUT2D eigenvalue weighted by Crippen LogP contribution is 2.41. The summed E-state index contributed by atoms with van der Waals surface area (Å²) in [6.45, 7) is 7.05. The molecular formula is C25H31N3O3S2. The summed E-state index contributed by atoms with van der Waals surface area (Å²) in [5.41, 5.74) is 3.03. The van der Waals surface area contributed by atoms with Gasteiger partial charge in [0.2, 0.25) is 0 Å². The number of carbonyl (C=O) groups is 1. The number of thiocarbonyl (C=S) groups is 1. The van der Waals surface area contributed by atoms with Gasteiger partial charge in [-0.15, -0.1) is 11.3 Å². The molecule has 6 nitrogen and oxygen atoms in total. The molecule has 0 spiro atoms. The van der Waals surface area contributed by atoms with Gasteiger partial charge in [0, 0.05) is 42.2 Å². The van der Waals surface area contributed by atoms with Crippen molar-refractivity contribution in [2.24, 2.45) is 11.8 Å². The number of anilines is 1. The summed E-state index contributed by atoms with van der Waals surface area (Å²) in [5.74, 6) is 1.07. The predicted octanol–water partition coefficient (Wildman–Crippen LogP) is 4.42. The molecule has 33 heavy (non-hydrogen) atoms. The van der Waals surface area contributed by atoms with Crippen LogP contribution in [0.3, 0.4) is 0 Å². The largest absolute Gasteiger partial charge is 0.462 e. The molecule has 2 bridgehead atoms. The highest BCUT2D eigenvalue weighted by Gasteiger charge is 2.36. The molecule has 8 heteroatoms. The highest BCUT2D eigenvalue weighted by molar-refractivity contribution is 7.80. The Hall–Kier alpha value is -2.19. The van der Waals surface area contributed by atoms with Gasteiger partial charge < -0.3 is 19.5 Å². The van der Waals surface area contributed by atoms with Gasteiger partial charge in [-0.1, -0.05) is 19.9 Å². The summed E-state index contributed by atoms with van der Waals surface area (Å²) in [4.78, 5) is 28.8. The monoisotopic (exact) mass is 485 g/mol. The number of pyridine rings is 1. The van der Waals surface area contributed by atoms with Crippen molar-refractivity contribution in [2.75, 3.05) is 25.0 Å². The molecule has 1 N–H and O–H groups in total. The smallest absolute Gasteiger partial charge is 0.341 e. The first-order valence-corrected chi connectivity index (χ1v) is 13.2. The molecule has 3 aliphatic rings. The van der Waals surface area contributed by atoms with Crippen LogP contribution in [0.5, 0.6) is 0 Å². The summed E-state index contributed by atoms with van der Waals surface area (Å²) >= 11 is 7.52. The van der Waals surface area contributed by atoms with Crippen LogP contribution in [-0.4, -0.2) is 40.2 Å². The van der Waals surface area contributed by atoms with E-state index in [1.165, 1.54) is 4.88 Å². The molecule has 5 rings (SSSR count). The molecular weight excluding hydrogens is 454 g/mol. The van der Waals surface area contributed by atoms with Crippen molar-refractivity contribution < 1.29 is 9.53 Å². The molecule has 0 aromatic carbocycles. The zero-order chi connectivity index (χ0) is 23.1. The van der Waals surface area contributed by atoms with E-state index < -0.39 is 0 Å². The van der Waals surface area contributed by atoms with Crippen LogP contribution in [0.15, 0.2) is 23.0 Å². The molecule has 1 aliphatic carbocycles. The van der Waals surface area contributed by atoms with E-state index in [2.05, 4.69) is 23.2 Å². The highest BCUT2D eigenvalue weighted by atomic mass is 32.1. The van der Waals surface area contributed by atoms with Gasteiger partial charge in [0.25, 0.3) is 5.56 Å². The standard InChI is InChI=1S/C25H31N3O3S2/c1-3-9-31-24(30)22-18-8-7-15(2)10-20(18)33-23(22)26-25(32)27-12-16-11-17(14-27)19-5-4-6-21(29)28(19)13-16/h4-6,15-17H,3,7-14H2,1-2H3,(H,26,32)/t15-,16+,17+/m0/s1. The summed E-state index contributed by atoms with van der Waals surface area (Å²) in [5, 5.41) is 4.93. The van der Waals surface area contributed by atoms with Crippen LogP contribution in [0.25, 0.3) is 0 Å². The molecule has 0 unspecified atom stereocenters. The van der Waals surface area contributed by atoms with Crippen LogP contribution in [0.1, 0.15) is 65.5 Å². The van der Waals surface area contributed by atoms with Crippen molar-refractivity contribution in [3.05, 3.63) is 50.3 Å². The molecule has 0 amide bonds. The van der Waals surface area contributed by atoms with Crippen LogP contribution < -0.4 is 10.9 Å². The Morgan fingerprint density at radius 2 is 2.15 bits per heavy atom. The number of thiophene rings is 1. The Bertz CT molecular complexity index is 1140. The zero-order valence-corrected chi connectivity index (χ0v) is 20.9. The van der Waals surface area contributed by atoms with Crippen LogP contribution in [-0.2, 0) is 24.1 Å². The third-order valence-corrected chi connectivity index (χ3v) is 8.67. The molecule has 4 heterocycles. The number of nitrogens with one attached hydrogen (secondary N) is 1. The van der Waals surface area contributed by atoms with Gasteiger partial charge in [0.15, 0.2) is 5.11 Å². The van der Waals surface area contributed by atoms with Crippen LogP contribution in [0.4, 0.5) is 5.00 Å². The molecule has 2 aliphatic heterocycles. The molecule has 176 valence electrons. The van der Waals surface area contributed by atoms with Gasteiger partial charge >= 0.3 is 5.97 Å². The normalized spacial score (nSPS) is 23.5. The lowest BCUT2D eigenvalue weighted by Gasteiger charge is -2.43. The number of rotatable bonds is 4. The molecule has 2 aromatic rings. The van der Waals surface area contributed by atoms with Gasteiger partial charge in [-0.3, -0.25) is 4.79 Å². The number of ether oxygens (including phenoxy) is 1. The first kappa shape index (κ1) is 22.6. The minimum absolute atomic E-state index is 0.0879. The average molecular weight is 486 g/mol. The molecule has 2 aromatic heterocycles. The number of likely N-dealkylation sites (tertiary alicyclic amines) is 1. The third kappa shape index (κ3) is 4.35. The first-order valence-electron chi connectivity index (χ1n) is 12.0. The van der Waals surface area contributed by atoms with E-state index in [0.29, 0.717) is 29.1 Å². The van der Waals surface area contributed by atoms with Crippen LogP contribution in [0, 0.1) is 11.8 Å².